The zero-order chi connectivity index (χ0) is 21.1. The lowest BCUT2D eigenvalue weighted by Gasteiger charge is -2.19. The number of methoxy groups -OCH3 is 1. The second kappa shape index (κ2) is 12.9. The quantitative estimate of drug-likeness (QED) is 0.158. The van der Waals surface area contributed by atoms with Crippen molar-refractivity contribution >= 4 is 42.6 Å². The van der Waals surface area contributed by atoms with Gasteiger partial charge in [0.05, 0.1) is 13.7 Å². The number of carbonyl (C=O) groups excluding carboxylic acids is 1. The highest BCUT2D eigenvalue weighted by atomic mass is 127. The van der Waals surface area contributed by atoms with Crippen LogP contribution in [0.15, 0.2) is 11.6 Å². The monoisotopic (exact) mass is 522 g/mol. The van der Waals surface area contributed by atoms with E-state index in [1.807, 2.05) is 6.92 Å². The maximum atomic E-state index is 12.3. The maximum absolute atomic E-state index is 12.3. The van der Waals surface area contributed by atoms with Crippen molar-refractivity contribution in [3.05, 3.63) is 33.9 Å². The van der Waals surface area contributed by atoms with Crippen molar-refractivity contribution in [1.29, 1.82) is 0 Å². The van der Waals surface area contributed by atoms with Gasteiger partial charge in [-0.15, -0.1) is 0 Å². The van der Waals surface area contributed by atoms with Gasteiger partial charge in [0.15, 0.2) is 0 Å². The molecule has 0 radical (unpaired) electrons. The van der Waals surface area contributed by atoms with Crippen LogP contribution in [-0.2, 0) is 22.6 Å². The van der Waals surface area contributed by atoms with Crippen molar-refractivity contribution in [3.8, 4) is 11.5 Å². The van der Waals surface area contributed by atoms with Crippen LogP contribution in [0.4, 0.5) is 0 Å². The van der Waals surface area contributed by atoms with Gasteiger partial charge < -0.3 is 19.3 Å². The Morgan fingerprint density at radius 3 is 2.64 bits per heavy atom. The molecular weight excluding hydrogens is 495 g/mol. The summed E-state index contributed by atoms with van der Waals surface area (Å²) in [5.41, 5.74) is 4.70. The number of cyclic esters (lactones) is 1. The molecule has 1 heterocycles. The number of benzene rings is 1. The summed E-state index contributed by atoms with van der Waals surface area (Å²) in [5.74, 6) is 1.99. The Hall–Kier alpha value is -1.42. The molecule has 8 heteroatoms. The Bertz CT molecular complexity index is 717. The van der Waals surface area contributed by atoms with E-state index < -0.39 is 0 Å². The van der Waals surface area contributed by atoms with E-state index >= 15 is 0 Å². The molecule has 0 unspecified atom stereocenters. The standard InChI is InChI=1S/C19H25IO4S.CH2O2/c1-5-6-12(2)7-8-14-17(22-4)13(3)15-11-24-19(21)16(15)18(14)23-9-10-25-20;2-1-3/h7H,5-6,8-11H2,1-4H3;1H,(H,2,3)/b12-7+;. The molecule has 1 aliphatic heterocycles. The maximum Gasteiger partial charge on any atom is 0.342 e. The predicted molar refractivity (Wildman–Crippen MR) is 120 cm³/mol. The van der Waals surface area contributed by atoms with Gasteiger partial charge in [0, 0.05) is 16.9 Å². The molecule has 2 rings (SSSR count). The molecule has 1 aromatic carbocycles. The molecule has 6 nitrogen and oxygen atoms in total. The van der Waals surface area contributed by atoms with Crippen molar-refractivity contribution in [2.45, 2.75) is 46.6 Å². The lowest BCUT2D eigenvalue weighted by atomic mass is 9.94. The molecule has 0 aliphatic carbocycles. The Kier molecular flexibility index (Phi) is 11.4. The van der Waals surface area contributed by atoms with Crippen LogP contribution in [0.3, 0.4) is 0 Å². The van der Waals surface area contributed by atoms with Crippen LogP contribution in [0.5, 0.6) is 11.5 Å². The van der Waals surface area contributed by atoms with Gasteiger partial charge in [-0.1, -0.05) is 33.9 Å². The highest BCUT2D eigenvalue weighted by Gasteiger charge is 2.33. The number of carboxylic acid groups (broad SMARTS) is 1. The van der Waals surface area contributed by atoms with Crippen LogP contribution >= 0.6 is 30.1 Å². The van der Waals surface area contributed by atoms with Crippen LogP contribution in [0.2, 0.25) is 0 Å². The molecule has 28 heavy (non-hydrogen) atoms. The molecule has 0 amide bonds. The van der Waals surface area contributed by atoms with Crippen molar-refractivity contribution in [2.75, 3.05) is 19.5 Å². The Morgan fingerprint density at radius 1 is 1.39 bits per heavy atom. The third kappa shape index (κ3) is 6.30. The van der Waals surface area contributed by atoms with E-state index in [9.17, 15) is 4.79 Å². The number of hydrogen-bond donors (Lipinski definition) is 1. The van der Waals surface area contributed by atoms with E-state index in [0.717, 1.165) is 41.0 Å². The summed E-state index contributed by atoms with van der Waals surface area (Å²) in [5, 5.41) is 6.89. The van der Waals surface area contributed by atoms with Crippen molar-refractivity contribution in [2.24, 2.45) is 0 Å². The molecule has 0 bridgehead atoms. The highest BCUT2D eigenvalue weighted by molar-refractivity contribution is 14.2. The van der Waals surface area contributed by atoms with Gasteiger partial charge >= 0.3 is 5.97 Å². The summed E-state index contributed by atoms with van der Waals surface area (Å²) < 4.78 is 17.0. The van der Waals surface area contributed by atoms with E-state index in [2.05, 4.69) is 41.1 Å². The minimum Gasteiger partial charge on any atom is -0.496 e. The smallest absolute Gasteiger partial charge is 0.342 e. The van der Waals surface area contributed by atoms with Gasteiger partial charge in [0.25, 0.3) is 6.47 Å². The summed E-state index contributed by atoms with van der Waals surface area (Å²) in [6.45, 7) is 6.88. The zero-order valence-corrected chi connectivity index (χ0v) is 19.6. The molecule has 1 N–H and O–H groups in total. The fraction of sp³-hybridized carbons (Fsp3) is 0.500. The molecule has 0 saturated heterocycles. The Balaban J connectivity index is 0.00000122. The van der Waals surface area contributed by atoms with E-state index in [1.165, 1.54) is 5.57 Å². The Morgan fingerprint density at radius 2 is 2.07 bits per heavy atom. The molecule has 0 atom stereocenters. The summed E-state index contributed by atoms with van der Waals surface area (Å²) in [7, 11) is 3.35. The molecular formula is C20H27IO6S. The average Bonchev–Trinajstić information content (AvgIpc) is 3.05. The van der Waals surface area contributed by atoms with E-state index in [1.54, 1.807) is 16.0 Å². The average molecular weight is 522 g/mol. The molecule has 0 fully saturated rings. The number of ether oxygens (including phenoxy) is 3. The van der Waals surface area contributed by atoms with Crippen LogP contribution in [0.1, 0.15) is 53.7 Å². The number of esters is 1. The number of hydrogen-bond acceptors (Lipinski definition) is 6. The molecule has 0 aromatic heterocycles. The van der Waals surface area contributed by atoms with Crippen LogP contribution in [-0.4, -0.2) is 37.0 Å². The summed E-state index contributed by atoms with van der Waals surface area (Å²) in [4.78, 5) is 20.7. The molecule has 156 valence electrons. The minimum atomic E-state index is -0.298. The van der Waals surface area contributed by atoms with Gasteiger partial charge in [0.1, 0.15) is 23.7 Å². The molecule has 1 aromatic rings. The van der Waals surface area contributed by atoms with E-state index in [0.29, 0.717) is 30.9 Å². The van der Waals surface area contributed by atoms with Gasteiger partial charge in [-0.25, -0.2) is 4.79 Å². The fourth-order valence-corrected chi connectivity index (χ4v) is 3.80. The van der Waals surface area contributed by atoms with Gasteiger partial charge in [0.2, 0.25) is 0 Å². The highest BCUT2D eigenvalue weighted by Crippen LogP contribution is 2.43. The second-order valence-corrected chi connectivity index (χ2v) is 8.66. The summed E-state index contributed by atoms with van der Waals surface area (Å²) >= 11 is 2.24. The lowest BCUT2D eigenvalue weighted by molar-refractivity contribution is -0.122. The topological polar surface area (TPSA) is 82.1 Å². The minimum absolute atomic E-state index is 0.250. The van der Waals surface area contributed by atoms with Crippen molar-refractivity contribution < 1.29 is 28.9 Å². The summed E-state index contributed by atoms with van der Waals surface area (Å²) in [6.07, 6.45) is 5.07. The van der Waals surface area contributed by atoms with E-state index in [-0.39, 0.29) is 12.4 Å². The molecule has 1 aliphatic rings. The van der Waals surface area contributed by atoms with Gasteiger partial charge in [-0.05, 0) is 53.5 Å². The van der Waals surface area contributed by atoms with Crippen molar-refractivity contribution in [1.82, 2.24) is 0 Å². The lowest BCUT2D eigenvalue weighted by Crippen LogP contribution is -2.10. The number of carbonyl (C=O) groups is 2. The second-order valence-electron chi connectivity index (χ2n) is 6.17. The first-order valence-electron chi connectivity index (χ1n) is 8.95. The van der Waals surface area contributed by atoms with Crippen LogP contribution in [0.25, 0.3) is 0 Å². The molecule has 0 spiro atoms. The van der Waals surface area contributed by atoms with Crippen molar-refractivity contribution in [3.63, 3.8) is 0 Å². The van der Waals surface area contributed by atoms with E-state index in [4.69, 9.17) is 24.1 Å². The fourth-order valence-electron chi connectivity index (χ4n) is 3.12. The van der Waals surface area contributed by atoms with Crippen LogP contribution < -0.4 is 9.47 Å². The number of rotatable bonds is 9. The van der Waals surface area contributed by atoms with Gasteiger partial charge in [-0.3, -0.25) is 4.79 Å². The number of fused-ring (bicyclic) bond motifs is 1. The number of halogens is 1. The number of allylic oxidation sites excluding steroid dienone is 2. The first-order valence-corrected chi connectivity index (χ1v) is 12.5. The van der Waals surface area contributed by atoms with Crippen LogP contribution in [0, 0.1) is 6.92 Å². The molecule has 0 saturated carbocycles. The van der Waals surface area contributed by atoms with Gasteiger partial charge in [-0.2, -0.15) is 0 Å². The Labute approximate surface area is 182 Å². The third-order valence-corrected chi connectivity index (χ3v) is 5.97. The normalized spacial score (nSPS) is 12.6. The zero-order valence-electron chi connectivity index (χ0n) is 16.7. The SMILES string of the molecule is CCC/C(C)=C/Cc1c(OC)c(C)c2c(c1OCCSI)C(=O)OC2.O=CO. The summed E-state index contributed by atoms with van der Waals surface area (Å²) in [6, 6.07) is 0. The largest absolute Gasteiger partial charge is 0.496 e. The third-order valence-electron chi connectivity index (χ3n) is 4.33. The first-order chi connectivity index (χ1) is 13.5. The first kappa shape index (κ1) is 24.6. The predicted octanol–water partition coefficient (Wildman–Crippen LogP) is 5.13.